The van der Waals surface area contributed by atoms with Gasteiger partial charge in [-0.3, -0.25) is 14.4 Å². The largest absolute Gasteiger partial charge is 0.497 e. The summed E-state index contributed by atoms with van der Waals surface area (Å²) in [6.07, 6.45) is 4.30. The Morgan fingerprint density at radius 3 is 2.23 bits per heavy atom. The van der Waals surface area contributed by atoms with Gasteiger partial charge in [-0.25, -0.2) is 0 Å². The Morgan fingerprint density at radius 2 is 1.66 bits per heavy atom. The second-order valence-electron chi connectivity index (χ2n) is 12.3. The third kappa shape index (κ3) is 5.32. The predicted octanol–water partition coefficient (Wildman–Crippen LogP) is 4.22. The number of aliphatic hydroxyl groups is 1. The van der Waals surface area contributed by atoms with E-state index in [1.807, 2.05) is 44.2 Å². The van der Waals surface area contributed by atoms with E-state index in [2.05, 4.69) is 13.2 Å². The first-order chi connectivity index (χ1) is 21.2. The molecule has 9 nitrogen and oxygen atoms in total. The fourth-order valence-corrected chi connectivity index (χ4v) is 7.47. The summed E-state index contributed by atoms with van der Waals surface area (Å²) in [5.41, 5.74) is 0.119. The molecule has 3 heterocycles. The molecule has 2 bridgehead atoms. The van der Waals surface area contributed by atoms with Gasteiger partial charge in [0.1, 0.15) is 17.4 Å². The molecule has 1 spiro atoms. The zero-order valence-electron chi connectivity index (χ0n) is 25.8. The molecule has 3 saturated heterocycles. The summed E-state index contributed by atoms with van der Waals surface area (Å²) in [4.78, 5) is 48.6. The van der Waals surface area contributed by atoms with E-state index in [4.69, 9.17) is 9.47 Å². The minimum Gasteiger partial charge on any atom is -0.497 e. The maximum absolute atomic E-state index is 14.8. The van der Waals surface area contributed by atoms with Gasteiger partial charge < -0.3 is 29.3 Å². The fourth-order valence-electron chi connectivity index (χ4n) is 7.47. The summed E-state index contributed by atoms with van der Waals surface area (Å²) in [5.74, 6) is -1.70. The Hall–Kier alpha value is -3.95. The van der Waals surface area contributed by atoms with Gasteiger partial charge in [0.2, 0.25) is 11.8 Å². The number of carbonyl (C=O) groups excluding carboxylic acids is 3. The molecule has 0 aliphatic carbocycles. The number of aliphatic hydroxyl groups excluding tert-OH is 1. The third-order valence-corrected chi connectivity index (χ3v) is 9.21. The number of likely N-dealkylation sites (tertiary alicyclic amines) is 1. The van der Waals surface area contributed by atoms with Crippen LogP contribution in [0.15, 0.2) is 79.9 Å². The normalized spacial score (nSPS) is 25.9. The third-order valence-electron chi connectivity index (χ3n) is 9.21. The lowest BCUT2D eigenvalue weighted by Crippen LogP contribution is -2.59. The van der Waals surface area contributed by atoms with Crippen LogP contribution in [0.5, 0.6) is 5.75 Å². The molecule has 1 N–H and O–H groups in total. The molecule has 3 aliphatic rings. The number of nitrogens with zero attached hydrogens (tertiary/aromatic N) is 3. The summed E-state index contributed by atoms with van der Waals surface area (Å²) >= 11 is 0. The van der Waals surface area contributed by atoms with Gasteiger partial charge in [0.05, 0.1) is 37.7 Å². The lowest BCUT2D eigenvalue weighted by Gasteiger charge is -2.39. The SMILES string of the molecule is C=CCN(C(=O)C1N([C@@H](CO)CC(C)C)C(=O)[C@@H]2[C@@H](C(=O)N(CC=C)c3ccccc3)[C@H]3CCC12O3)c1ccc(OC)cc1. The first-order valence-corrected chi connectivity index (χ1v) is 15.4. The number of carbonyl (C=O) groups is 3. The topological polar surface area (TPSA) is 99.6 Å². The van der Waals surface area contributed by atoms with Crippen LogP contribution in [0.2, 0.25) is 0 Å². The highest BCUT2D eigenvalue weighted by molar-refractivity contribution is 6.06. The van der Waals surface area contributed by atoms with Crippen molar-refractivity contribution < 1.29 is 29.0 Å². The van der Waals surface area contributed by atoms with Crippen LogP contribution in [0, 0.1) is 17.8 Å². The smallest absolute Gasteiger partial charge is 0.253 e. The van der Waals surface area contributed by atoms with Crippen LogP contribution < -0.4 is 14.5 Å². The molecular formula is C35H43N3O6. The van der Waals surface area contributed by atoms with Crippen molar-refractivity contribution in [2.24, 2.45) is 17.8 Å². The number of hydrogen-bond acceptors (Lipinski definition) is 6. The summed E-state index contributed by atoms with van der Waals surface area (Å²) in [5, 5.41) is 10.6. The molecule has 234 valence electrons. The predicted molar refractivity (Wildman–Crippen MR) is 169 cm³/mol. The standard InChI is InChI=1S/C35H43N3O6/c1-6-19-36(24-11-9-8-10-12-24)32(40)29-28-17-18-35(44-28)30(29)33(41)38(26(22-39)21-23(3)4)31(35)34(42)37(20-7-2)25-13-15-27(43-5)16-14-25/h6-16,23,26,28-31,39H,1-2,17-22H2,3-5H3/t26-,28-,29+,30+,31?,35?/m1/s1. The van der Waals surface area contributed by atoms with Crippen LogP contribution in [0.3, 0.4) is 0 Å². The molecular weight excluding hydrogens is 558 g/mol. The number of anilines is 2. The van der Waals surface area contributed by atoms with Gasteiger partial charge >= 0.3 is 0 Å². The molecule has 0 aromatic heterocycles. The lowest BCUT2D eigenvalue weighted by atomic mass is 9.70. The maximum atomic E-state index is 14.8. The second-order valence-corrected chi connectivity index (χ2v) is 12.3. The maximum Gasteiger partial charge on any atom is 0.253 e. The van der Waals surface area contributed by atoms with Crippen LogP contribution in [0.1, 0.15) is 33.1 Å². The van der Waals surface area contributed by atoms with Crippen molar-refractivity contribution in [3.8, 4) is 5.75 Å². The van der Waals surface area contributed by atoms with E-state index in [1.54, 1.807) is 58.2 Å². The Balaban J connectivity index is 1.60. The number of methoxy groups -OCH3 is 1. The molecule has 6 atom stereocenters. The van der Waals surface area contributed by atoms with Crippen molar-refractivity contribution in [1.29, 1.82) is 0 Å². The van der Waals surface area contributed by atoms with Crippen molar-refractivity contribution in [1.82, 2.24) is 4.90 Å². The van der Waals surface area contributed by atoms with E-state index >= 15 is 0 Å². The van der Waals surface area contributed by atoms with Crippen molar-refractivity contribution in [2.75, 3.05) is 36.6 Å². The van der Waals surface area contributed by atoms with Gasteiger partial charge in [0, 0.05) is 24.5 Å². The molecule has 3 aliphatic heterocycles. The van der Waals surface area contributed by atoms with E-state index < -0.39 is 35.6 Å². The monoisotopic (exact) mass is 601 g/mol. The van der Waals surface area contributed by atoms with Gasteiger partial charge in [-0.1, -0.05) is 44.2 Å². The first-order valence-electron chi connectivity index (χ1n) is 15.4. The van der Waals surface area contributed by atoms with Crippen LogP contribution in [0.25, 0.3) is 0 Å². The van der Waals surface area contributed by atoms with Crippen LogP contribution in [-0.2, 0) is 19.1 Å². The summed E-state index contributed by atoms with van der Waals surface area (Å²) < 4.78 is 12.0. The molecule has 9 heteroatoms. The van der Waals surface area contributed by atoms with Gasteiger partial charge in [-0.15, -0.1) is 13.2 Å². The highest BCUT2D eigenvalue weighted by Crippen LogP contribution is 2.59. The average molecular weight is 602 g/mol. The number of hydrogen-bond donors (Lipinski definition) is 1. The van der Waals surface area contributed by atoms with E-state index in [1.165, 1.54) is 0 Å². The number of fused-ring (bicyclic) bond motifs is 1. The molecule has 2 aromatic carbocycles. The Bertz CT molecular complexity index is 1380. The highest BCUT2D eigenvalue weighted by Gasteiger charge is 2.75. The van der Waals surface area contributed by atoms with Crippen molar-refractivity contribution in [3.63, 3.8) is 0 Å². The zero-order valence-corrected chi connectivity index (χ0v) is 25.8. The molecule has 2 aromatic rings. The van der Waals surface area contributed by atoms with E-state index in [0.717, 1.165) is 0 Å². The molecule has 0 saturated carbocycles. The van der Waals surface area contributed by atoms with Crippen LogP contribution in [0.4, 0.5) is 11.4 Å². The summed E-state index contributed by atoms with van der Waals surface area (Å²) in [6.45, 7) is 11.9. The van der Waals surface area contributed by atoms with Gasteiger partial charge in [-0.05, 0) is 61.6 Å². The van der Waals surface area contributed by atoms with Gasteiger partial charge in [0.25, 0.3) is 5.91 Å². The van der Waals surface area contributed by atoms with Crippen molar-refractivity contribution in [3.05, 3.63) is 79.9 Å². The van der Waals surface area contributed by atoms with E-state index in [0.29, 0.717) is 36.4 Å². The first kappa shape index (κ1) is 31.5. The molecule has 3 fully saturated rings. The number of benzene rings is 2. The zero-order chi connectivity index (χ0) is 31.6. The summed E-state index contributed by atoms with van der Waals surface area (Å²) in [7, 11) is 1.58. The quantitative estimate of drug-likeness (QED) is 0.346. The highest BCUT2D eigenvalue weighted by atomic mass is 16.5. The fraction of sp³-hybridized carbons (Fsp3) is 0.457. The van der Waals surface area contributed by atoms with Crippen molar-refractivity contribution >= 4 is 29.1 Å². The minimum absolute atomic E-state index is 0.148. The van der Waals surface area contributed by atoms with E-state index in [9.17, 15) is 19.5 Å². The average Bonchev–Trinajstić information content (AvgIpc) is 3.68. The molecule has 0 radical (unpaired) electrons. The van der Waals surface area contributed by atoms with E-state index in [-0.39, 0.29) is 43.3 Å². The minimum atomic E-state index is -1.20. The Labute approximate surface area is 259 Å². The van der Waals surface area contributed by atoms with Crippen LogP contribution in [-0.4, -0.2) is 78.3 Å². The molecule has 44 heavy (non-hydrogen) atoms. The molecule has 3 amide bonds. The van der Waals surface area contributed by atoms with Crippen molar-refractivity contribution in [2.45, 2.75) is 56.9 Å². The van der Waals surface area contributed by atoms with Gasteiger partial charge in [0.15, 0.2) is 0 Å². The number of amides is 3. The Morgan fingerprint density at radius 1 is 1.05 bits per heavy atom. The van der Waals surface area contributed by atoms with Crippen LogP contribution >= 0.6 is 0 Å². The Kier molecular flexibility index (Phi) is 9.27. The number of para-hydroxylation sites is 1. The second kappa shape index (κ2) is 13.0. The number of ether oxygens (including phenoxy) is 2. The lowest BCUT2D eigenvalue weighted by molar-refractivity contribution is -0.144. The summed E-state index contributed by atoms with van der Waals surface area (Å²) in [6, 6.07) is 14.8. The number of rotatable bonds is 13. The molecule has 2 unspecified atom stereocenters. The molecule has 5 rings (SSSR count). The van der Waals surface area contributed by atoms with Gasteiger partial charge in [-0.2, -0.15) is 0 Å².